The molecule has 2 heterocycles. The standard InChI is InChI=1S/C29H25F3N4O3S/c1-17-34-26(29(30,31)32)16-36(17)25-13-10-21(20-6-5-7-23(14-20)40(4,37)38)15-24(25)27-28(39-18(2)35-27)19-8-11-22(33-3)12-9-19/h5-16,33H,1-4H3. The molecule has 5 aromatic rings. The summed E-state index contributed by atoms with van der Waals surface area (Å²) in [6.45, 7) is 3.19. The van der Waals surface area contributed by atoms with Crippen LogP contribution in [-0.4, -0.2) is 36.3 Å². The number of alkyl halides is 3. The molecule has 0 aliphatic rings. The van der Waals surface area contributed by atoms with E-state index in [1.54, 1.807) is 50.4 Å². The SMILES string of the molecule is CNc1ccc(-c2oc(C)nc2-c2cc(-c3cccc(S(C)(=O)=O)c3)ccc2-n2cc(C(F)(F)F)nc2C)cc1. The van der Waals surface area contributed by atoms with Crippen LogP contribution in [0.25, 0.3) is 39.4 Å². The van der Waals surface area contributed by atoms with E-state index in [-0.39, 0.29) is 10.7 Å². The van der Waals surface area contributed by atoms with Crippen molar-refractivity contribution < 1.29 is 26.0 Å². The van der Waals surface area contributed by atoms with Crippen LogP contribution in [0.4, 0.5) is 18.9 Å². The van der Waals surface area contributed by atoms with Crippen LogP contribution in [0.15, 0.2) is 82.2 Å². The molecule has 3 aromatic carbocycles. The van der Waals surface area contributed by atoms with Gasteiger partial charge in [0.15, 0.2) is 27.2 Å². The third-order valence-corrected chi connectivity index (χ3v) is 7.56. The topological polar surface area (TPSA) is 90.0 Å². The van der Waals surface area contributed by atoms with Gasteiger partial charge < -0.3 is 14.3 Å². The van der Waals surface area contributed by atoms with E-state index in [0.29, 0.717) is 39.7 Å². The van der Waals surface area contributed by atoms with Gasteiger partial charge in [-0.15, -0.1) is 0 Å². The Hall–Kier alpha value is -4.38. The summed E-state index contributed by atoms with van der Waals surface area (Å²) in [6, 6.07) is 19.1. The fourth-order valence-corrected chi connectivity index (χ4v) is 5.14. The van der Waals surface area contributed by atoms with Crippen molar-refractivity contribution in [2.45, 2.75) is 24.9 Å². The number of rotatable bonds is 6. The van der Waals surface area contributed by atoms with E-state index in [0.717, 1.165) is 23.7 Å². The number of hydrogen-bond acceptors (Lipinski definition) is 6. The van der Waals surface area contributed by atoms with Gasteiger partial charge in [-0.2, -0.15) is 13.2 Å². The Kier molecular flexibility index (Phi) is 6.79. The summed E-state index contributed by atoms with van der Waals surface area (Å²) < 4.78 is 72.3. The second kappa shape index (κ2) is 9.98. The van der Waals surface area contributed by atoms with Crippen LogP contribution in [-0.2, 0) is 16.0 Å². The molecule has 0 saturated heterocycles. The van der Waals surface area contributed by atoms with Gasteiger partial charge in [-0.25, -0.2) is 18.4 Å². The van der Waals surface area contributed by atoms with Crippen molar-refractivity contribution >= 4 is 15.5 Å². The summed E-state index contributed by atoms with van der Waals surface area (Å²) >= 11 is 0. The maximum Gasteiger partial charge on any atom is 0.434 e. The highest BCUT2D eigenvalue weighted by atomic mass is 32.2. The maximum atomic E-state index is 13.5. The molecule has 0 saturated carbocycles. The molecule has 0 atom stereocenters. The molecule has 0 bridgehead atoms. The van der Waals surface area contributed by atoms with Crippen LogP contribution >= 0.6 is 0 Å². The summed E-state index contributed by atoms with van der Waals surface area (Å²) in [5.41, 5.74) is 3.19. The summed E-state index contributed by atoms with van der Waals surface area (Å²) in [5, 5.41) is 3.06. The number of aromatic nitrogens is 3. The minimum absolute atomic E-state index is 0.139. The van der Waals surface area contributed by atoms with Gasteiger partial charge in [0, 0.05) is 43.2 Å². The lowest BCUT2D eigenvalue weighted by Gasteiger charge is -2.14. The Balaban J connectivity index is 1.76. The molecule has 1 N–H and O–H groups in total. The smallest absolute Gasteiger partial charge is 0.434 e. The first kappa shape index (κ1) is 27.2. The van der Waals surface area contributed by atoms with E-state index in [4.69, 9.17) is 4.42 Å². The van der Waals surface area contributed by atoms with E-state index in [2.05, 4.69) is 15.3 Å². The molecule has 0 amide bonds. The van der Waals surface area contributed by atoms with Gasteiger partial charge in [-0.1, -0.05) is 18.2 Å². The number of nitrogens with one attached hydrogen (secondary N) is 1. The molecule has 0 fully saturated rings. The minimum atomic E-state index is -4.62. The number of aryl methyl sites for hydroxylation is 2. The van der Waals surface area contributed by atoms with Crippen molar-refractivity contribution in [1.29, 1.82) is 0 Å². The van der Waals surface area contributed by atoms with Crippen molar-refractivity contribution in [3.63, 3.8) is 0 Å². The van der Waals surface area contributed by atoms with Crippen LogP contribution in [0.2, 0.25) is 0 Å². The van der Waals surface area contributed by atoms with E-state index < -0.39 is 21.7 Å². The zero-order chi connectivity index (χ0) is 28.8. The Morgan fingerprint density at radius 3 is 2.20 bits per heavy atom. The van der Waals surface area contributed by atoms with Gasteiger partial charge in [-0.3, -0.25) is 0 Å². The largest absolute Gasteiger partial charge is 0.440 e. The number of anilines is 1. The normalized spacial score (nSPS) is 12.1. The number of oxazole rings is 1. The number of imidazole rings is 1. The summed E-state index contributed by atoms with van der Waals surface area (Å²) in [4.78, 5) is 8.52. The molecule has 0 unspecified atom stereocenters. The molecule has 0 aliphatic heterocycles. The van der Waals surface area contributed by atoms with Crippen LogP contribution < -0.4 is 5.32 Å². The van der Waals surface area contributed by atoms with Crippen LogP contribution in [0.3, 0.4) is 0 Å². The molecule has 0 aliphatic carbocycles. The lowest BCUT2D eigenvalue weighted by molar-refractivity contribution is -0.141. The number of nitrogens with zero attached hydrogens (tertiary/aromatic N) is 3. The average Bonchev–Trinajstić information content (AvgIpc) is 3.50. The highest BCUT2D eigenvalue weighted by molar-refractivity contribution is 7.90. The third-order valence-electron chi connectivity index (χ3n) is 6.45. The predicted octanol–water partition coefficient (Wildman–Crippen LogP) is 6.94. The first-order valence-corrected chi connectivity index (χ1v) is 14.1. The van der Waals surface area contributed by atoms with E-state index in [1.807, 2.05) is 24.3 Å². The molecule has 2 aromatic heterocycles. The van der Waals surface area contributed by atoms with Gasteiger partial charge in [0.1, 0.15) is 11.5 Å². The highest BCUT2D eigenvalue weighted by Gasteiger charge is 2.35. The summed E-state index contributed by atoms with van der Waals surface area (Å²) in [7, 11) is -1.66. The second-order valence-electron chi connectivity index (χ2n) is 9.31. The first-order chi connectivity index (χ1) is 18.8. The lowest BCUT2D eigenvalue weighted by atomic mass is 9.98. The Labute approximate surface area is 229 Å². The maximum absolute atomic E-state index is 13.5. The Morgan fingerprint density at radius 1 is 0.900 bits per heavy atom. The molecule has 40 heavy (non-hydrogen) atoms. The highest BCUT2D eigenvalue weighted by Crippen LogP contribution is 2.40. The van der Waals surface area contributed by atoms with Crippen molar-refractivity contribution in [2.75, 3.05) is 18.6 Å². The zero-order valence-corrected chi connectivity index (χ0v) is 22.9. The van der Waals surface area contributed by atoms with E-state index in [1.165, 1.54) is 17.6 Å². The zero-order valence-electron chi connectivity index (χ0n) is 22.0. The molecule has 206 valence electrons. The van der Waals surface area contributed by atoms with E-state index >= 15 is 0 Å². The van der Waals surface area contributed by atoms with E-state index in [9.17, 15) is 21.6 Å². The molecule has 7 nitrogen and oxygen atoms in total. The molecular formula is C29H25F3N4O3S. The van der Waals surface area contributed by atoms with Gasteiger partial charge >= 0.3 is 6.18 Å². The average molecular weight is 567 g/mol. The monoisotopic (exact) mass is 566 g/mol. The predicted molar refractivity (Wildman–Crippen MR) is 147 cm³/mol. The lowest BCUT2D eigenvalue weighted by Crippen LogP contribution is -2.05. The summed E-state index contributed by atoms with van der Waals surface area (Å²) in [6.07, 6.45) is -2.54. The van der Waals surface area contributed by atoms with Crippen LogP contribution in [0.5, 0.6) is 0 Å². The van der Waals surface area contributed by atoms with Gasteiger partial charge in [0.05, 0.1) is 10.6 Å². The van der Waals surface area contributed by atoms with Crippen molar-refractivity contribution in [1.82, 2.24) is 14.5 Å². The van der Waals surface area contributed by atoms with Crippen LogP contribution in [0.1, 0.15) is 17.4 Å². The molecule has 0 spiro atoms. The second-order valence-corrected chi connectivity index (χ2v) is 11.3. The number of sulfone groups is 1. The van der Waals surface area contributed by atoms with Crippen LogP contribution in [0, 0.1) is 13.8 Å². The van der Waals surface area contributed by atoms with Crippen molar-refractivity contribution in [2.24, 2.45) is 0 Å². The summed E-state index contributed by atoms with van der Waals surface area (Å²) in [5.74, 6) is 0.953. The van der Waals surface area contributed by atoms with Crippen molar-refractivity contribution in [3.05, 3.63) is 90.3 Å². The third kappa shape index (κ3) is 5.24. The number of benzene rings is 3. The molecular weight excluding hydrogens is 541 g/mol. The molecule has 5 rings (SSSR count). The fraction of sp³-hybridized carbons (Fsp3) is 0.172. The van der Waals surface area contributed by atoms with Gasteiger partial charge in [0.2, 0.25) is 0 Å². The quantitative estimate of drug-likeness (QED) is 0.239. The Morgan fingerprint density at radius 2 is 1.57 bits per heavy atom. The van der Waals surface area contributed by atoms with Gasteiger partial charge in [-0.05, 0) is 66.6 Å². The fourth-order valence-electron chi connectivity index (χ4n) is 4.47. The Bertz CT molecular complexity index is 1820. The molecule has 11 heteroatoms. The van der Waals surface area contributed by atoms with Crippen molar-refractivity contribution in [3.8, 4) is 39.4 Å². The molecule has 0 radical (unpaired) electrons. The first-order valence-electron chi connectivity index (χ1n) is 12.2. The number of halogens is 3. The van der Waals surface area contributed by atoms with Gasteiger partial charge in [0.25, 0.3) is 0 Å². The minimum Gasteiger partial charge on any atom is -0.440 e. The number of hydrogen-bond donors (Lipinski definition) is 1.